The Labute approximate surface area is 177 Å². The smallest absolute Gasteiger partial charge is 0.162 e. The monoisotopic (exact) mass is 411 g/mol. The van der Waals surface area contributed by atoms with Crippen LogP contribution >= 0.6 is 0 Å². The molecule has 2 aromatic carbocycles. The highest BCUT2D eigenvalue weighted by molar-refractivity contribution is 5.92. The van der Waals surface area contributed by atoms with Crippen LogP contribution in [0.1, 0.15) is 12.0 Å². The van der Waals surface area contributed by atoms with Crippen molar-refractivity contribution in [1.29, 1.82) is 5.26 Å². The number of H-pyrrole nitrogens is 1. The lowest BCUT2D eigenvalue weighted by Gasteiger charge is -2.36. The molecular weight excluding hydrogens is 393 g/mol. The molecule has 8 heteroatoms. The predicted molar refractivity (Wildman–Crippen MR) is 115 cm³/mol. The standard InChI is InChI=1S/C23H18FN7/c24-15-3-1-4-16(7-15)30-12-18-8-17(30)13-31(18)23-14(9-25)10-26-22(28-23)19-5-2-6-21-20(19)11-27-29-21/h1-7,10-11,17-18H,8,12-13H2,(H,27,29)/t17-,18-/m0/s1. The third-order valence-electron chi connectivity index (χ3n) is 6.27. The Kier molecular flexibility index (Phi) is 3.90. The summed E-state index contributed by atoms with van der Waals surface area (Å²) in [5.74, 6) is 1.02. The summed E-state index contributed by atoms with van der Waals surface area (Å²) in [4.78, 5) is 13.8. The number of fused-ring (bicyclic) bond motifs is 3. The van der Waals surface area contributed by atoms with Crippen molar-refractivity contribution in [1.82, 2.24) is 20.2 Å². The third-order valence-corrected chi connectivity index (χ3v) is 6.27. The van der Waals surface area contributed by atoms with Crippen LogP contribution in [-0.2, 0) is 0 Å². The lowest BCUT2D eigenvalue weighted by atomic mass is 10.1. The molecule has 2 atom stereocenters. The lowest BCUT2D eigenvalue weighted by Crippen LogP contribution is -2.47. The van der Waals surface area contributed by atoms with E-state index in [1.165, 1.54) is 6.07 Å². The van der Waals surface area contributed by atoms with Crippen molar-refractivity contribution in [3.8, 4) is 17.5 Å². The van der Waals surface area contributed by atoms with E-state index in [-0.39, 0.29) is 17.9 Å². The van der Waals surface area contributed by atoms with Gasteiger partial charge in [0.2, 0.25) is 0 Å². The summed E-state index contributed by atoms with van der Waals surface area (Å²) >= 11 is 0. The summed E-state index contributed by atoms with van der Waals surface area (Å²) in [6, 6.07) is 15.3. The Bertz CT molecular complexity index is 1340. The fraction of sp³-hybridized carbons (Fsp3) is 0.217. The van der Waals surface area contributed by atoms with Crippen LogP contribution in [0.15, 0.2) is 54.9 Å². The second kappa shape index (κ2) is 6.77. The minimum absolute atomic E-state index is 0.216. The van der Waals surface area contributed by atoms with E-state index >= 15 is 0 Å². The number of piperazine rings is 1. The average Bonchev–Trinajstić information content (AvgIpc) is 3.54. The molecule has 2 bridgehead atoms. The number of nitrogens with one attached hydrogen (secondary N) is 1. The van der Waals surface area contributed by atoms with Gasteiger partial charge in [-0.3, -0.25) is 5.10 Å². The Morgan fingerprint density at radius 2 is 1.90 bits per heavy atom. The highest BCUT2D eigenvalue weighted by Gasteiger charge is 2.44. The summed E-state index contributed by atoms with van der Waals surface area (Å²) in [5, 5.41) is 17.7. The van der Waals surface area contributed by atoms with E-state index in [0.29, 0.717) is 17.2 Å². The topological polar surface area (TPSA) is 84.7 Å². The molecule has 4 aromatic rings. The van der Waals surface area contributed by atoms with Crippen LogP contribution < -0.4 is 9.80 Å². The second-order valence-electron chi connectivity index (χ2n) is 8.01. The highest BCUT2D eigenvalue weighted by Crippen LogP contribution is 2.38. The average molecular weight is 411 g/mol. The first-order valence-electron chi connectivity index (χ1n) is 10.2. The minimum Gasteiger partial charge on any atom is -0.365 e. The van der Waals surface area contributed by atoms with Crippen molar-refractivity contribution >= 4 is 22.4 Å². The van der Waals surface area contributed by atoms with Crippen molar-refractivity contribution in [2.75, 3.05) is 22.9 Å². The number of hydrogen-bond donors (Lipinski definition) is 1. The van der Waals surface area contributed by atoms with Gasteiger partial charge in [-0.05, 0) is 30.7 Å². The molecule has 152 valence electrons. The molecule has 2 aliphatic rings. The van der Waals surface area contributed by atoms with Crippen LogP contribution in [-0.4, -0.2) is 45.3 Å². The van der Waals surface area contributed by atoms with Crippen LogP contribution in [0.25, 0.3) is 22.3 Å². The van der Waals surface area contributed by atoms with Crippen LogP contribution in [0.4, 0.5) is 15.9 Å². The molecule has 2 aliphatic heterocycles. The number of aromatic nitrogens is 4. The number of benzene rings is 2. The summed E-state index contributed by atoms with van der Waals surface area (Å²) in [7, 11) is 0. The molecule has 1 N–H and O–H groups in total. The van der Waals surface area contributed by atoms with Gasteiger partial charge in [-0.1, -0.05) is 18.2 Å². The Hall–Kier alpha value is -3.99. The molecular formula is C23H18FN7. The van der Waals surface area contributed by atoms with Crippen molar-refractivity contribution in [2.24, 2.45) is 0 Å². The Morgan fingerprint density at radius 1 is 1.06 bits per heavy atom. The number of hydrogen-bond acceptors (Lipinski definition) is 6. The molecule has 0 unspecified atom stereocenters. The molecule has 0 saturated carbocycles. The van der Waals surface area contributed by atoms with Gasteiger partial charge >= 0.3 is 0 Å². The number of nitrogens with zero attached hydrogens (tertiary/aromatic N) is 6. The molecule has 7 nitrogen and oxygen atoms in total. The molecule has 2 aromatic heterocycles. The van der Waals surface area contributed by atoms with Gasteiger partial charge in [0.25, 0.3) is 0 Å². The van der Waals surface area contributed by atoms with E-state index in [0.717, 1.165) is 41.7 Å². The summed E-state index contributed by atoms with van der Waals surface area (Å²) in [5.41, 5.74) is 3.16. The first kappa shape index (κ1) is 17.8. The van der Waals surface area contributed by atoms with E-state index in [2.05, 4.69) is 31.1 Å². The molecule has 2 fully saturated rings. The van der Waals surface area contributed by atoms with E-state index < -0.39 is 0 Å². The number of anilines is 2. The molecule has 2 saturated heterocycles. The van der Waals surface area contributed by atoms with E-state index in [1.54, 1.807) is 24.5 Å². The number of nitriles is 1. The van der Waals surface area contributed by atoms with Gasteiger partial charge in [-0.2, -0.15) is 10.4 Å². The molecule has 31 heavy (non-hydrogen) atoms. The summed E-state index contributed by atoms with van der Waals surface area (Å²) < 4.78 is 13.7. The molecule has 0 amide bonds. The fourth-order valence-electron chi connectivity index (χ4n) is 4.86. The van der Waals surface area contributed by atoms with E-state index in [9.17, 15) is 9.65 Å². The normalized spacial score (nSPS) is 19.9. The molecule has 0 radical (unpaired) electrons. The maximum atomic E-state index is 13.7. The highest BCUT2D eigenvalue weighted by atomic mass is 19.1. The van der Waals surface area contributed by atoms with Gasteiger partial charge in [-0.15, -0.1) is 0 Å². The first-order chi connectivity index (χ1) is 15.2. The van der Waals surface area contributed by atoms with Gasteiger partial charge < -0.3 is 9.80 Å². The Morgan fingerprint density at radius 3 is 2.71 bits per heavy atom. The van der Waals surface area contributed by atoms with Crippen LogP contribution in [0, 0.1) is 17.1 Å². The molecule has 0 spiro atoms. The van der Waals surface area contributed by atoms with Crippen molar-refractivity contribution < 1.29 is 4.39 Å². The maximum absolute atomic E-state index is 13.7. The van der Waals surface area contributed by atoms with Crippen LogP contribution in [0.3, 0.4) is 0 Å². The zero-order chi connectivity index (χ0) is 20.9. The van der Waals surface area contributed by atoms with Crippen molar-refractivity contribution in [2.45, 2.75) is 18.5 Å². The number of rotatable bonds is 3. The quantitative estimate of drug-likeness (QED) is 0.556. The molecule has 4 heterocycles. The van der Waals surface area contributed by atoms with Crippen molar-refractivity contribution in [3.63, 3.8) is 0 Å². The molecule has 0 aliphatic carbocycles. The van der Waals surface area contributed by atoms with Gasteiger partial charge in [0, 0.05) is 35.8 Å². The van der Waals surface area contributed by atoms with Gasteiger partial charge in [0.05, 0.1) is 24.0 Å². The van der Waals surface area contributed by atoms with Crippen LogP contribution in [0.5, 0.6) is 0 Å². The first-order valence-corrected chi connectivity index (χ1v) is 10.2. The summed E-state index contributed by atoms with van der Waals surface area (Å²) in [6.45, 7) is 1.51. The number of aromatic amines is 1. The Balaban J connectivity index is 1.35. The lowest BCUT2D eigenvalue weighted by molar-refractivity contribution is 0.617. The number of halogens is 1. The fourth-order valence-corrected chi connectivity index (χ4v) is 4.86. The molecule has 6 rings (SSSR count). The minimum atomic E-state index is -0.224. The summed E-state index contributed by atoms with van der Waals surface area (Å²) in [6.07, 6.45) is 4.32. The van der Waals surface area contributed by atoms with Crippen LogP contribution in [0.2, 0.25) is 0 Å². The van der Waals surface area contributed by atoms with Gasteiger partial charge in [-0.25, -0.2) is 14.4 Å². The van der Waals surface area contributed by atoms with E-state index in [4.69, 9.17) is 4.98 Å². The van der Waals surface area contributed by atoms with Crippen molar-refractivity contribution in [3.05, 3.63) is 66.2 Å². The zero-order valence-electron chi connectivity index (χ0n) is 16.5. The largest absolute Gasteiger partial charge is 0.365 e. The third kappa shape index (κ3) is 2.81. The maximum Gasteiger partial charge on any atom is 0.162 e. The zero-order valence-corrected chi connectivity index (χ0v) is 16.5. The van der Waals surface area contributed by atoms with E-state index in [1.807, 2.05) is 24.3 Å². The van der Waals surface area contributed by atoms with Gasteiger partial charge in [0.1, 0.15) is 17.4 Å². The SMILES string of the molecule is N#Cc1cnc(-c2cccc3[nH]ncc23)nc1N1C[C@@H]2C[C@H]1CN2c1cccc(F)c1. The predicted octanol–water partition coefficient (Wildman–Crippen LogP) is 3.50. The second-order valence-corrected chi connectivity index (χ2v) is 8.01. The van der Waals surface area contributed by atoms with Gasteiger partial charge in [0.15, 0.2) is 11.6 Å².